The first-order valence-electron chi connectivity index (χ1n) is 6.34. The van der Waals surface area contributed by atoms with Gasteiger partial charge in [0.15, 0.2) is 0 Å². The van der Waals surface area contributed by atoms with Gasteiger partial charge in [-0.15, -0.1) is 0 Å². The van der Waals surface area contributed by atoms with Crippen LogP contribution in [-0.4, -0.2) is 9.55 Å². The van der Waals surface area contributed by atoms with E-state index >= 15 is 0 Å². The number of hydrogen-bond donors (Lipinski definition) is 0. The van der Waals surface area contributed by atoms with Crippen LogP contribution in [0.15, 0.2) is 73.1 Å². The maximum Gasteiger partial charge on any atom is 0.0571 e. The Kier molecular flexibility index (Phi) is 2.15. The summed E-state index contributed by atoms with van der Waals surface area (Å²) in [6.07, 6.45) is 3.79. The molecule has 0 amide bonds. The Labute approximate surface area is 110 Å². The predicted molar refractivity (Wildman–Crippen MR) is 78.6 cm³/mol. The van der Waals surface area contributed by atoms with Crippen LogP contribution in [0.25, 0.3) is 27.5 Å². The van der Waals surface area contributed by atoms with Crippen molar-refractivity contribution in [2.75, 3.05) is 0 Å². The van der Waals surface area contributed by atoms with Crippen molar-refractivity contribution in [3.05, 3.63) is 73.1 Å². The van der Waals surface area contributed by atoms with Crippen LogP contribution in [0.2, 0.25) is 0 Å². The van der Waals surface area contributed by atoms with Gasteiger partial charge in [-0.2, -0.15) is 0 Å². The average molecular weight is 244 g/mol. The van der Waals surface area contributed by atoms with E-state index in [4.69, 9.17) is 0 Å². The molecule has 0 atom stereocenters. The number of benzene rings is 2. The molecule has 4 rings (SSSR count). The van der Waals surface area contributed by atoms with Gasteiger partial charge < -0.3 is 4.57 Å². The second-order valence-corrected chi connectivity index (χ2v) is 4.58. The highest BCUT2D eigenvalue weighted by Gasteiger charge is 2.10. The SMILES string of the molecule is c1ccc(-n2c3ccccc3c3cnccc32)cc1. The molecule has 4 aromatic rings. The fourth-order valence-electron chi connectivity index (χ4n) is 2.67. The van der Waals surface area contributed by atoms with E-state index in [1.807, 2.05) is 18.5 Å². The van der Waals surface area contributed by atoms with Crippen molar-refractivity contribution < 1.29 is 0 Å². The third-order valence-electron chi connectivity index (χ3n) is 3.49. The maximum atomic E-state index is 4.26. The monoisotopic (exact) mass is 244 g/mol. The number of nitrogens with zero attached hydrogens (tertiary/aromatic N) is 2. The normalized spacial score (nSPS) is 11.2. The van der Waals surface area contributed by atoms with Gasteiger partial charge in [0, 0.05) is 28.9 Å². The Morgan fingerprint density at radius 2 is 1.42 bits per heavy atom. The molecule has 0 saturated heterocycles. The molecule has 0 fully saturated rings. The van der Waals surface area contributed by atoms with Crippen molar-refractivity contribution in [3.8, 4) is 5.69 Å². The van der Waals surface area contributed by atoms with Gasteiger partial charge in [0.1, 0.15) is 0 Å². The standard InChI is InChI=1S/C17H12N2/c1-2-6-13(7-3-1)19-16-9-5-4-8-14(16)15-12-18-11-10-17(15)19/h1-12H. The van der Waals surface area contributed by atoms with Gasteiger partial charge >= 0.3 is 0 Å². The Bertz CT molecular complexity index is 807. The molecule has 2 aromatic carbocycles. The Hall–Kier alpha value is -2.61. The Morgan fingerprint density at radius 1 is 0.684 bits per heavy atom. The Balaban J connectivity index is 2.24. The molecule has 2 heterocycles. The molecule has 0 N–H and O–H groups in total. The smallest absolute Gasteiger partial charge is 0.0571 e. The fraction of sp³-hybridized carbons (Fsp3) is 0. The average Bonchev–Trinajstić information content (AvgIpc) is 2.83. The van der Waals surface area contributed by atoms with Crippen molar-refractivity contribution in [3.63, 3.8) is 0 Å². The first kappa shape index (κ1) is 10.3. The minimum absolute atomic E-state index is 1.18. The molecule has 2 aromatic heterocycles. The van der Waals surface area contributed by atoms with E-state index in [0.29, 0.717) is 0 Å². The summed E-state index contributed by atoms with van der Waals surface area (Å²) in [7, 11) is 0. The van der Waals surface area contributed by atoms with E-state index in [1.54, 1.807) is 0 Å². The van der Waals surface area contributed by atoms with Crippen LogP contribution >= 0.6 is 0 Å². The molecule has 90 valence electrons. The molecule has 0 spiro atoms. The summed E-state index contributed by atoms with van der Waals surface area (Å²) in [5.74, 6) is 0. The van der Waals surface area contributed by atoms with Crippen LogP contribution in [-0.2, 0) is 0 Å². The highest BCUT2D eigenvalue weighted by molar-refractivity contribution is 6.08. The van der Waals surface area contributed by atoms with Crippen molar-refractivity contribution >= 4 is 21.8 Å². The molecule has 0 aliphatic heterocycles. The summed E-state index contributed by atoms with van der Waals surface area (Å²) in [5, 5.41) is 2.44. The number of pyridine rings is 1. The third kappa shape index (κ3) is 1.47. The molecule has 2 nitrogen and oxygen atoms in total. The van der Waals surface area contributed by atoms with Crippen molar-refractivity contribution in [2.45, 2.75) is 0 Å². The lowest BCUT2D eigenvalue weighted by Gasteiger charge is -2.06. The number of hydrogen-bond acceptors (Lipinski definition) is 1. The van der Waals surface area contributed by atoms with Crippen LogP contribution in [0.5, 0.6) is 0 Å². The van der Waals surface area contributed by atoms with E-state index in [2.05, 4.69) is 64.1 Å². The summed E-state index contributed by atoms with van der Waals surface area (Å²) >= 11 is 0. The van der Waals surface area contributed by atoms with Crippen LogP contribution in [0, 0.1) is 0 Å². The summed E-state index contributed by atoms with van der Waals surface area (Å²) in [4.78, 5) is 4.26. The van der Waals surface area contributed by atoms with Gasteiger partial charge in [0.25, 0.3) is 0 Å². The summed E-state index contributed by atoms with van der Waals surface area (Å²) in [6.45, 7) is 0. The van der Waals surface area contributed by atoms with Crippen LogP contribution in [0.1, 0.15) is 0 Å². The molecule has 19 heavy (non-hydrogen) atoms. The van der Waals surface area contributed by atoms with E-state index in [0.717, 1.165) is 0 Å². The second kappa shape index (κ2) is 3.95. The highest BCUT2D eigenvalue weighted by atomic mass is 15.0. The van der Waals surface area contributed by atoms with Gasteiger partial charge in [-0.3, -0.25) is 4.98 Å². The van der Waals surface area contributed by atoms with Crippen LogP contribution in [0.4, 0.5) is 0 Å². The molecule has 0 aliphatic rings. The van der Waals surface area contributed by atoms with E-state index in [9.17, 15) is 0 Å². The number of aromatic nitrogens is 2. The summed E-state index contributed by atoms with van der Waals surface area (Å²) < 4.78 is 2.28. The first-order valence-corrected chi connectivity index (χ1v) is 6.34. The topological polar surface area (TPSA) is 17.8 Å². The van der Waals surface area contributed by atoms with Gasteiger partial charge in [-0.25, -0.2) is 0 Å². The predicted octanol–water partition coefficient (Wildman–Crippen LogP) is 4.18. The molecule has 0 radical (unpaired) electrons. The molecule has 0 saturated carbocycles. The van der Waals surface area contributed by atoms with Crippen LogP contribution < -0.4 is 0 Å². The zero-order valence-corrected chi connectivity index (χ0v) is 10.3. The van der Waals surface area contributed by atoms with Gasteiger partial charge in [0.2, 0.25) is 0 Å². The van der Waals surface area contributed by atoms with Gasteiger partial charge in [-0.1, -0.05) is 36.4 Å². The summed E-state index contributed by atoms with van der Waals surface area (Å²) in [5.41, 5.74) is 3.60. The summed E-state index contributed by atoms with van der Waals surface area (Å²) in [6, 6.07) is 21.0. The number of fused-ring (bicyclic) bond motifs is 3. The molecule has 0 unspecified atom stereocenters. The van der Waals surface area contributed by atoms with Crippen molar-refractivity contribution in [2.24, 2.45) is 0 Å². The molecule has 0 bridgehead atoms. The zero-order valence-electron chi connectivity index (χ0n) is 10.3. The lowest BCUT2D eigenvalue weighted by Crippen LogP contribution is -1.92. The van der Waals surface area contributed by atoms with E-state index < -0.39 is 0 Å². The minimum atomic E-state index is 1.18. The lowest BCUT2D eigenvalue weighted by atomic mass is 10.2. The largest absolute Gasteiger partial charge is 0.309 e. The maximum absolute atomic E-state index is 4.26. The first-order chi connectivity index (χ1) is 9.45. The van der Waals surface area contributed by atoms with Crippen molar-refractivity contribution in [1.82, 2.24) is 9.55 Å². The highest BCUT2D eigenvalue weighted by Crippen LogP contribution is 2.30. The molecular weight excluding hydrogens is 232 g/mol. The Morgan fingerprint density at radius 3 is 2.32 bits per heavy atom. The zero-order chi connectivity index (χ0) is 12.7. The fourth-order valence-corrected chi connectivity index (χ4v) is 2.67. The van der Waals surface area contributed by atoms with Crippen LogP contribution in [0.3, 0.4) is 0 Å². The van der Waals surface area contributed by atoms with E-state index in [-0.39, 0.29) is 0 Å². The third-order valence-corrected chi connectivity index (χ3v) is 3.49. The van der Waals surface area contributed by atoms with Crippen molar-refractivity contribution in [1.29, 1.82) is 0 Å². The second-order valence-electron chi connectivity index (χ2n) is 4.58. The van der Waals surface area contributed by atoms with Gasteiger partial charge in [-0.05, 0) is 24.3 Å². The molecular formula is C17H12N2. The molecule has 2 heteroatoms. The lowest BCUT2D eigenvalue weighted by molar-refractivity contribution is 1.17. The quantitative estimate of drug-likeness (QED) is 0.491. The number of rotatable bonds is 1. The van der Waals surface area contributed by atoms with E-state index in [1.165, 1.54) is 27.5 Å². The number of para-hydroxylation sites is 2. The minimum Gasteiger partial charge on any atom is -0.309 e. The molecule has 0 aliphatic carbocycles. The van der Waals surface area contributed by atoms with Gasteiger partial charge in [0.05, 0.1) is 11.0 Å².